The molecule has 51 heavy (non-hydrogen) atoms. The number of aliphatic hydroxyl groups is 2. The third kappa shape index (κ3) is 39.9. The van der Waals surface area contributed by atoms with E-state index in [0.29, 0.717) is 6.42 Å². The molecule has 0 aromatic carbocycles. The number of hydrogen-bond acceptors (Lipinski definition) is 3. The van der Waals surface area contributed by atoms with Crippen molar-refractivity contribution in [1.82, 2.24) is 5.32 Å². The number of amides is 1. The van der Waals surface area contributed by atoms with E-state index in [1.807, 2.05) is 6.08 Å². The molecule has 0 aliphatic carbocycles. The van der Waals surface area contributed by atoms with Gasteiger partial charge in [0.1, 0.15) is 0 Å². The largest absolute Gasteiger partial charge is 0.394 e. The molecular formula is C47H91NO3. The maximum atomic E-state index is 12.4. The zero-order valence-corrected chi connectivity index (χ0v) is 34.6. The third-order valence-corrected chi connectivity index (χ3v) is 10.7. The van der Waals surface area contributed by atoms with Gasteiger partial charge in [-0.05, 0) is 44.9 Å². The first-order valence-corrected chi connectivity index (χ1v) is 23.1. The molecule has 0 spiro atoms. The molecule has 1 amide bonds. The number of aliphatic hydroxyl groups excluding tert-OH is 2. The van der Waals surface area contributed by atoms with Gasteiger partial charge in [-0.1, -0.05) is 224 Å². The number of allylic oxidation sites excluding steroid dienone is 3. The normalized spacial score (nSPS) is 13.1. The van der Waals surface area contributed by atoms with Crippen molar-refractivity contribution in [2.45, 2.75) is 264 Å². The molecule has 4 nitrogen and oxygen atoms in total. The molecule has 0 aliphatic heterocycles. The van der Waals surface area contributed by atoms with Crippen molar-refractivity contribution in [2.75, 3.05) is 6.61 Å². The Kier molecular flexibility index (Phi) is 42.3. The predicted molar refractivity (Wildman–Crippen MR) is 225 cm³/mol. The van der Waals surface area contributed by atoms with E-state index in [2.05, 4.69) is 31.3 Å². The summed E-state index contributed by atoms with van der Waals surface area (Å²) in [5, 5.41) is 23.0. The zero-order chi connectivity index (χ0) is 37.1. The van der Waals surface area contributed by atoms with E-state index in [-0.39, 0.29) is 12.5 Å². The van der Waals surface area contributed by atoms with Gasteiger partial charge in [-0.25, -0.2) is 0 Å². The van der Waals surface area contributed by atoms with Crippen LogP contribution in [0.25, 0.3) is 0 Å². The van der Waals surface area contributed by atoms with Crippen molar-refractivity contribution in [2.24, 2.45) is 0 Å². The summed E-state index contributed by atoms with van der Waals surface area (Å²) in [7, 11) is 0. The summed E-state index contributed by atoms with van der Waals surface area (Å²) < 4.78 is 0. The van der Waals surface area contributed by atoms with Crippen LogP contribution in [0.3, 0.4) is 0 Å². The number of rotatable bonds is 42. The average Bonchev–Trinajstić information content (AvgIpc) is 3.13. The van der Waals surface area contributed by atoms with Crippen molar-refractivity contribution in [3.05, 3.63) is 24.3 Å². The predicted octanol–water partition coefficient (Wildman–Crippen LogP) is 14.4. The summed E-state index contributed by atoms with van der Waals surface area (Å²) in [6.07, 6.45) is 55.8. The van der Waals surface area contributed by atoms with Gasteiger partial charge in [0.15, 0.2) is 0 Å². The van der Waals surface area contributed by atoms with Gasteiger partial charge in [0.05, 0.1) is 18.8 Å². The Bertz CT molecular complexity index is 735. The maximum absolute atomic E-state index is 12.4. The van der Waals surface area contributed by atoms with Crippen LogP contribution < -0.4 is 5.32 Å². The van der Waals surface area contributed by atoms with Gasteiger partial charge in [-0.3, -0.25) is 4.79 Å². The van der Waals surface area contributed by atoms with Gasteiger partial charge in [0.2, 0.25) is 5.91 Å². The number of hydrogen-bond donors (Lipinski definition) is 3. The SMILES string of the molecule is CCCCCC/C=C\CCCCCCCCCC(=O)NC(CO)C(O)/C=C/CCCCCCCCCCCCCCCCCCCCCCCC. The number of unbranched alkanes of at least 4 members (excludes halogenated alkanes) is 33. The lowest BCUT2D eigenvalue weighted by atomic mass is 10.0. The van der Waals surface area contributed by atoms with Gasteiger partial charge in [-0.15, -0.1) is 0 Å². The highest BCUT2D eigenvalue weighted by atomic mass is 16.3. The fraction of sp³-hybridized carbons (Fsp3) is 0.894. The molecule has 3 N–H and O–H groups in total. The Morgan fingerprint density at radius 1 is 0.451 bits per heavy atom. The van der Waals surface area contributed by atoms with Crippen molar-refractivity contribution < 1.29 is 15.0 Å². The molecule has 0 aromatic rings. The Morgan fingerprint density at radius 3 is 1.10 bits per heavy atom. The number of nitrogens with one attached hydrogen (secondary N) is 1. The molecule has 0 fully saturated rings. The van der Waals surface area contributed by atoms with E-state index in [4.69, 9.17) is 0 Å². The highest BCUT2D eigenvalue weighted by Gasteiger charge is 2.17. The zero-order valence-electron chi connectivity index (χ0n) is 34.6. The Morgan fingerprint density at radius 2 is 0.745 bits per heavy atom. The molecular weight excluding hydrogens is 627 g/mol. The monoisotopic (exact) mass is 718 g/mol. The van der Waals surface area contributed by atoms with Crippen molar-refractivity contribution in [3.8, 4) is 0 Å². The molecule has 2 atom stereocenters. The minimum Gasteiger partial charge on any atom is -0.394 e. The first kappa shape index (κ1) is 49.9. The molecule has 0 aromatic heterocycles. The molecule has 4 heteroatoms. The van der Waals surface area contributed by atoms with Crippen LogP contribution in [0.5, 0.6) is 0 Å². The Hall–Kier alpha value is -1.13. The minimum atomic E-state index is -0.838. The van der Waals surface area contributed by atoms with Crippen LogP contribution >= 0.6 is 0 Å². The van der Waals surface area contributed by atoms with Gasteiger partial charge in [-0.2, -0.15) is 0 Å². The van der Waals surface area contributed by atoms with Crippen LogP contribution in [0.1, 0.15) is 251 Å². The first-order chi connectivity index (χ1) is 25.2. The van der Waals surface area contributed by atoms with E-state index in [1.54, 1.807) is 6.08 Å². The Labute approximate surface area is 319 Å². The molecule has 0 aliphatic rings. The number of carbonyl (C=O) groups is 1. The second-order valence-corrected chi connectivity index (χ2v) is 15.8. The molecule has 0 radical (unpaired) electrons. The second-order valence-electron chi connectivity index (χ2n) is 15.8. The van der Waals surface area contributed by atoms with E-state index in [9.17, 15) is 15.0 Å². The van der Waals surface area contributed by atoms with Crippen LogP contribution in [0.2, 0.25) is 0 Å². The molecule has 302 valence electrons. The van der Waals surface area contributed by atoms with Crippen LogP contribution in [0.4, 0.5) is 0 Å². The van der Waals surface area contributed by atoms with E-state index in [0.717, 1.165) is 25.7 Å². The van der Waals surface area contributed by atoms with E-state index >= 15 is 0 Å². The first-order valence-electron chi connectivity index (χ1n) is 23.1. The average molecular weight is 718 g/mol. The van der Waals surface area contributed by atoms with Crippen molar-refractivity contribution in [3.63, 3.8) is 0 Å². The third-order valence-electron chi connectivity index (χ3n) is 10.7. The summed E-state index contributed by atoms with van der Waals surface area (Å²) in [5.74, 6) is -0.0671. The van der Waals surface area contributed by atoms with Gasteiger partial charge in [0, 0.05) is 6.42 Å². The van der Waals surface area contributed by atoms with Crippen LogP contribution in [0.15, 0.2) is 24.3 Å². The van der Waals surface area contributed by atoms with Crippen LogP contribution in [-0.2, 0) is 4.79 Å². The second kappa shape index (κ2) is 43.3. The number of carbonyl (C=O) groups excluding carboxylic acids is 1. The van der Waals surface area contributed by atoms with Crippen molar-refractivity contribution in [1.29, 1.82) is 0 Å². The lowest BCUT2D eigenvalue weighted by Crippen LogP contribution is -2.45. The Balaban J connectivity index is 3.52. The van der Waals surface area contributed by atoms with Crippen LogP contribution in [0, 0.1) is 0 Å². The molecule has 0 saturated heterocycles. The lowest BCUT2D eigenvalue weighted by Gasteiger charge is -2.20. The summed E-state index contributed by atoms with van der Waals surface area (Å²) >= 11 is 0. The fourth-order valence-corrected chi connectivity index (χ4v) is 7.11. The highest BCUT2D eigenvalue weighted by Crippen LogP contribution is 2.16. The standard InChI is InChI=1S/C47H91NO3/c1-3-5-7-9-11-13-15-17-19-20-21-22-23-24-25-26-27-29-30-32-34-36-38-40-42-46(50)45(44-49)48-47(51)43-41-39-37-35-33-31-28-18-16-14-12-10-8-6-4-2/h14,16,40,42,45-46,49-50H,3-13,15,17-39,41,43-44H2,1-2H3,(H,48,51)/b16-14-,42-40+. The summed E-state index contributed by atoms with van der Waals surface area (Å²) in [6.45, 7) is 4.31. The summed E-state index contributed by atoms with van der Waals surface area (Å²) in [5.41, 5.74) is 0. The lowest BCUT2D eigenvalue weighted by molar-refractivity contribution is -0.123. The minimum absolute atomic E-state index is 0.0671. The van der Waals surface area contributed by atoms with E-state index in [1.165, 1.54) is 205 Å². The summed E-state index contributed by atoms with van der Waals surface area (Å²) in [6, 6.07) is -0.622. The molecule has 0 bridgehead atoms. The molecule has 0 rings (SSSR count). The van der Waals surface area contributed by atoms with Crippen molar-refractivity contribution >= 4 is 5.91 Å². The van der Waals surface area contributed by atoms with Gasteiger partial charge >= 0.3 is 0 Å². The quantitative estimate of drug-likeness (QED) is 0.0435. The topological polar surface area (TPSA) is 69.6 Å². The van der Waals surface area contributed by atoms with E-state index < -0.39 is 12.1 Å². The molecule has 0 saturated carbocycles. The molecule has 0 heterocycles. The summed E-state index contributed by atoms with van der Waals surface area (Å²) in [4.78, 5) is 12.4. The molecule has 2 unspecified atom stereocenters. The van der Waals surface area contributed by atoms with Gasteiger partial charge < -0.3 is 15.5 Å². The van der Waals surface area contributed by atoms with Crippen LogP contribution in [-0.4, -0.2) is 34.9 Å². The van der Waals surface area contributed by atoms with Gasteiger partial charge in [0.25, 0.3) is 0 Å². The fourth-order valence-electron chi connectivity index (χ4n) is 7.11. The highest BCUT2D eigenvalue weighted by molar-refractivity contribution is 5.76. The maximum Gasteiger partial charge on any atom is 0.220 e. The smallest absolute Gasteiger partial charge is 0.220 e.